The third kappa shape index (κ3) is 4.24. The number of aromatic amines is 1. The van der Waals surface area contributed by atoms with Crippen LogP contribution in [0.5, 0.6) is 0 Å². The van der Waals surface area contributed by atoms with Gasteiger partial charge in [0.05, 0.1) is 0 Å². The summed E-state index contributed by atoms with van der Waals surface area (Å²) in [5.74, 6) is 0.552. The van der Waals surface area contributed by atoms with Crippen molar-refractivity contribution >= 4 is 12.4 Å². The number of H-pyrrole nitrogens is 1. The third-order valence-corrected chi connectivity index (χ3v) is 5.92. The minimum absolute atomic E-state index is 0. The first kappa shape index (κ1) is 21.2. The van der Waals surface area contributed by atoms with Crippen molar-refractivity contribution in [3.8, 4) is 22.5 Å². The van der Waals surface area contributed by atoms with Crippen LogP contribution in [-0.4, -0.2) is 21.2 Å². The lowest BCUT2D eigenvalue weighted by molar-refractivity contribution is 0.516. The molecule has 1 aromatic heterocycles. The standard InChI is InChI=1S/C25H23FN4.ClH/c1-16-11-19(25-28-15-29-30-25)9-10-22(16)23-8-4-7-20(24(23)26)14-27-21-12-17-5-2-3-6-18(17)13-21;/h2-11,15,21,27H,12-14H2,1H3,(H,28,29,30);1H. The van der Waals surface area contributed by atoms with E-state index in [1.807, 2.05) is 43.3 Å². The zero-order valence-electron chi connectivity index (χ0n) is 17.2. The predicted molar refractivity (Wildman–Crippen MR) is 124 cm³/mol. The molecule has 0 saturated carbocycles. The number of hydrogen-bond donors (Lipinski definition) is 2. The molecule has 31 heavy (non-hydrogen) atoms. The first-order valence-corrected chi connectivity index (χ1v) is 10.2. The van der Waals surface area contributed by atoms with Gasteiger partial charge in [-0.2, -0.15) is 5.10 Å². The molecule has 0 atom stereocenters. The Morgan fingerprint density at radius 3 is 2.45 bits per heavy atom. The van der Waals surface area contributed by atoms with Gasteiger partial charge in [0.15, 0.2) is 5.82 Å². The topological polar surface area (TPSA) is 53.6 Å². The van der Waals surface area contributed by atoms with E-state index in [2.05, 4.69) is 44.8 Å². The van der Waals surface area contributed by atoms with Crippen molar-refractivity contribution in [2.45, 2.75) is 32.4 Å². The summed E-state index contributed by atoms with van der Waals surface area (Å²) < 4.78 is 15.4. The number of nitrogens with one attached hydrogen (secondary N) is 2. The van der Waals surface area contributed by atoms with Crippen LogP contribution in [0.3, 0.4) is 0 Å². The average Bonchev–Trinajstić information content (AvgIpc) is 3.43. The Morgan fingerprint density at radius 1 is 1.00 bits per heavy atom. The van der Waals surface area contributed by atoms with Crippen LogP contribution in [0.2, 0.25) is 0 Å². The highest BCUT2D eigenvalue weighted by Crippen LogP contribution is 2.30. The van der Waals surface area contributed by atoms with Gasteiger partial charge in [-0.1, -0.05) is 54.6 Å². The normalized spacial score (nSPS) is 13.1. The van der Waals surface area contributed by atoms with Crippen molar-refractivity contribution in [1.29, 1.82) is 0 Å². The predicted octanol–water partition coefficient (Wildman–Crippen LogP) is 5.27. The molecule has 4 nitrogen and oxygen atoms in total. The fourth-order valence-electron chi connectivity index (χ4n) is 4.34. The van der Waals surface area contributed by atoms with Crippen molar-refractivity contribution in [2.75, 3.05) is 0 Å². The molecule has 0 aliphatic heterocycles. The van der Waals surface area contributed by atoms with E-state index in [0.717, 1.165) is 29.5 Å². The van der Waals surface area contributed by atoms with E-state index in [1.54, 1.807) is 0 Å². The van der Waals surface area contributed by atoms with Crippen molar-refractivity contribution in [3.05, 3.63) is 95.1 Å². The molecule has 0 spiro atoms. The molecule has 6 heteroatoms. The Balaban J connectivity index is 0.00000231. The van der Waals surface area contributed by atoms with Gasteiger partial charge in [0.1, 0.15) is 12.1 Å². The molecule has 1 heterocycles. The summed E-state index contributed by atoms with van der Waals surface area (Å²) in [6.45, 7) is 2.52. The molecule has 0 saturated heterocycles. The summed E-state index contributed by atoms with van der Waals surface area (Å²) in [6, 6.07) is 20.5. The molecule has 1 aliphatic rings. The fourth-order valence-corrected chi connectivity index (χ4v) is 4.34. The van der Waals surface area contributed by atoms with E-state index < -0.39 is 0 Å². The average molecular weight is 435 g/mol. The number of nitrogens with zero attached hydrogens (tertiary/aromatic N) is 2. The van der Waals surface area contributed by atoms with Gasteiger partial charge >= 0.3 is 0 Å². The van der Waals surface area contributed by atoms with E-state index in [-0.39, 0.29) is 18.2 Å². The summed E-state index contributed by atoms with van der Waals surface area (Å²) in [6.07, 6.45) is 3.48. The molecule has 0 unspecified atom stereocenters. The van der Waals surface area contributed by atoms with Crippen LogP contribution >= 0.6 is 12.4 Å². The SMILES string of the molecule is Cc1cc(-c2ncn[nH]2)ccc1-c1cccc(CNC2Cc3ccccc3C2)c1F.Cl. The van der Waals surface area contributed by atoms with E-state index in [0.29, 0.717) is 29.5 Å². The highest BCUT2D eigenvalue weighted by atomic mass is 35.5. The number of aromatic nitrogens is 3. The smallest absolute Gasteiger partial charge is 0.155 e. The lowest BCUT2D eigenvalue weighted by Gasteiger charge is -2.15. The second kappa shape index (κ2) is 9.00. The number of benzene rings is 3. The van der Waals surface area contributed by atoms with Gasteiger partial charge in [-0.25, -0.2) is 9.37 Å². The summed E-state index contributed by atoms with van der Waals surface area (Å²) in [7, 11) is 0. The largest absolute Gasteiger partial charge is 0.309 e. The van der Waals surface area contributed by atoms with E-state index in [9.17, 15) is 0 Å². The Kier molecular flexibility index (Phi) is 6.16. The zero-order valence-corrected chi connectivity index (χ0v) is 18.0. The van der Waals surface area contributed by atoms with Gasteiger partial charge < -0.3 is 5.32 Å². The second-order valence-corrected chi connectivity index (χ2v) is 7.90. The Hall–Kier alpha value is -3.02. The molecule has 3 aromatic carbocycles. The third-order valence-electron chi connectivity index (χ3n) is 5.92. The van der Waals surface area contributed by atoms with Crippen molar-refractivity contribution in [2.24, 2.45) is 0 Å². The Labute approximate surface area is 187 Å². The second-order valence-electron chi connectivity index (χ2n) is 7.90. The molecule has 5 rings (SSSR count). The molecular formula is C25H24ClFN4. The molecular weight excluding hydrogens is 411 g/mol. The van der Waals surface area contributed by atoms with Crippen molar-refractivity contribution in [1.82, 2.24) is 20.5 Å². The zero-order chi connectivity index (χ0) is 20.5. The maximum Gasteiger partial charge on any atom is 0.155 e. The van der Waals surface area contributed by atoms with Crippen LogP contribution in [0.25, 0.3) is 22.5 Å². The van der Waals surface area contributed by atoms with Crippen LogP contribution in [0.1, 0.15) is 22.3 Å². The maximum atomic E-state index is 15.4. The summed E-state index contributed by atoms with van der Waals surface area (Å²) in [4.78, 5) is 4.19. The van der Waals surface area contributed by atoms with Crippen molar-refractivity contribution < 1.29 is 4.39 Å². The van der Waals surface area contributed by atoms with E-state index in [4.69, 9.17) is 0 Å². The number of hydrogen-bond acceptors (Lipinski definition) is 3. The molecule has 158 valence electrons. The quantitative estimate of drug-likeness (QED) is 0.450. The minimum atomic E-state index is -0.156. The van der Waals surface area contributed by atoms with Crippen LogP contribution < -0.4 is 5.32 Å². The van der Waals surface area contributed by atoms with Crippen LogP contribution in [-0.2, 0) is 19.4 Å². The van der Waals surface area contributed by atoms with Crippen LogP contribution in [0.15, 0.2) is 67.0 Å². The monoisotopic (exact) mass is 434 g/mol. The van der Waals surface area contributed by atoms with Crippen LogP contribution in [0.4, 0.5) is 4.39 Å². The van der Waals surface area contributed by atoms with E-state index >= 15 is 4.39 Å². The highest BCUT2D eigenvalue weighted by Gasteiger charge is 2.21. The molecule has 2 N–H and O–H groups in total. The van der Waals surface area contributed by atoms with Crippen LogP contribution in [0, 0.1) is 12.7 Å². The fraction of sp³-hybridized carbons (Fsp3) is 0.200. The number of aryl methyl sites for hydroxylation is 1. The lowest BCUT2D eigenvalue weighted by atomic mass is 9.96. The lowest BCUT2D eigenvalue weighted by Crippen LogP contribution is -2.29. The summed E-state index contributed by atoms with van der Waals surface area (Å²) >= 11 is 0. The first-order valence-electron chi connectivity index (χ1n) is 10.2. The highest BCUT2D eigenvalue weighted by molar-refractivity contribution is 5.85. The Morgan fingerprint density at radius 2 is 1.77 bits per heavy atom. The molecule has 4 aromatic rings. The molecule has 0 bridgehead atoms. The van der Waals surface area contributed by atoms with Crippen molar-refractivity contribution in [3.63, 3.8) is 0 Å². The molecule has 0 radical (unpaired) electrons. The number of halogens is 2. The minimum Gasteiger partial charge on any atom is -0.309 e. The molecule has 1 aliphatic carbocycles. The molecule has 0 fully saturated rings. The summed E-state index contributed by atoms with van der Waals surface area (Å²) in [5, 5.41) is 10.3. The summed E-state index contributed by atoms with van der Waals surface area (Å²) in [5.41, 5.74) is 6.95. The van der Waals surface area contributed by atoms with Gasteiger partial charge in [0.25, 0.3) is 0 Å². The maximum absolute atomic E-state index is 15.4. The Bertz CT molecular complexity index is 1170. The van der Waals surface area contributed by atoms with Gasteiger partial charge in [-0.05, 0) is 48.1 Å². The van der Waals surface area contributed by atoms with E-state index in [1.165, 1.54) is 17.5 Å². The molecule has 0 amide bonds. The van der Waals surface area contributed by atoms with Gasteiger partial charge in [0.2, 0.25) is 0 Å². The van der Waals surface area contributed by atoms with Gasteiger partial charge in [0, 0.05) is 29.3 Å². The van der Waals surface area contributed by atoms with Gasteiger partial charge in [-0.3, -0.25) is 5.10 Å². The number of fused-ring (bicyclic) bond motifs is 1. The van der Waals surface area contributed by atoms with Gasteiger partial charge in [-0.15, -0.1) is 12.4 Å². The first-order chi connectivity index (χ1) is 14.7. The number of rotatable bonds is 5.